The van der Waals surface area contributed by atoms with E-state index < -0.39 is 44.2 Å². The number of hydrogen-bond donors (Lipinski definition) is 2. The van der Waals surface area contributed by atoms with Gasteiger partial charge in [-0.25, -0.2) is 12.8 Å². The minimum absolute atomic E-state index is 0.0829. The first kappa shape index (κ1) is 25.9. The number of anilines is 1. The number of fused-ring (bicyclic) bond motifs is 2. The van der Waals surface area contributed by atoms with Crippen LogP contribution in [0.1, 0.15) is 49.0 Å². The van der Waals surface area contributed by atoms with Crippen molar-refractivity contribution in [3.63, 3.8) is 0 Å². The van der Waals surface area contributed by atoms with E-state index in [-0.39, 0.29) is 51.8 Å². The molecule has 0 heterocycles. The molecule has 2 bridgehead atoms. The molecule has 1 amide bonds. The van der Waals surface area contributed by atoms with Crippen molar-refractivity contribution in [1.82, 2.24) is 0 Å². The van der Waals surface area contributed by atoms with Crippen LogP contribution in [0.25, 0.3) is 0 Å². The maximum Gasteiger partial charge on any atom is 0.419 e. The van der Waals surface area contributed by atoms with Crippen molar-refractivity contribution in [3.8, 4) is 0 Å². The molecule has 0 aliphatic heterocycles. The third-order valence-corrected chi connectivity index (χ3v) is 10.1. The lowest BCUT2D eigenvalue weighted by atomic mass is 9.74. The van der Waals surface area contributed by atoms with Crippen molar-refractivity contribution in [2.45, 2.75) is 55.0 Å². The van der Waals surface area contributed by atoms with E-state index >= 15 is 0 Å². The van der Waals surface area contributed by atoms with Crippen LogP contribution < -0.4 is 5.32 Å². The summed E-state index contributed by atoms with van der Waals surface area (Å²) in [6.07, 6.45) is -3.71. The highest BCUT2D eigenvalue weighted by Gasteiger charge is 2.56. The number of nitrogens with one attached hydrogen (secondary N) is 1. The van der Waals surface area contributed by atoms with Gasteiger partial charge in [-0.05, 0) is 80.3 Å². The molecule has 2 aromatic rings. The van der Waals surface area contributed by atoms with Gasteiger partial charge in [0, 0.05) is 11.3 Å². The van der Waals surface area contributed by atoms with Crippen LogP contribution in [-0.2, 0) is 16.0 Å². The number of amides is 1. The second kappa shape index (κ2) is 8.74. The zero-order valence-electron chi connectivity index (χ0n) is 18.9. The number of sulfone groups is 1. The molecular formula is C24H24ClF4NO4S. The second-order valence-electron chi connectivity index (χ2n) is 9.67. The molecule has 0 spiro atoms. The minimum atomic E-state index is -4.95. The zero-order chi connectivity index (χ0) is 25.9. The van der Waals surface area contributed by atoms with Gasteiger partial charge in [-0.3, -0.25) is 4.79 Å². The highest BCUT2D eigenvalue weighted by atomic mass is 35.5. The predicted octanol–water partition coefficient (Wildman–Crippen LogP) is 5.71. The third-order valence-electron chi connectivity index (χ3n) is 7.45. The van der Waals surface area contributed by atoms with Gasteiger partial charge in [0.05, 0.1) is 26.3 Å². The highest BCUT2D eigenvalue weighted by Crippen LogP contribution is 2.54. The van der Waals surface area contributed by atoms with Crippen molar-refractivity contribution >= 4 is 33.0 Å². The van der Waals surface area contributed by atoms with Crippen molar-refractivity contribution in [1.29, 1.82) is 0 Å². The van der Waals surface area contributed by atoms with E-state index in [2.05, 4.69) is 5.32 Å². The number of carbonyl (C=O) groups excluding carboxylic acids is 1. The van der Waals surface area contributed by atoms with Crippen molar-refractivity contribution in [2.75, 3.05) is 5.32 Å². The van der Waals surface area contributed by atoms with Crippen LogP contribution in [-0.4, -0.2) is 30.3 Å². The maximum absolute atomic E-state index is 13.5. The quantitative estimate of drug-likeness (QED) is 0.493. The number of hydrogen-bond acceptors (Lipinski definition) is 4. The summed E-state index contributed by atoms with van der Waals surface area (Å²) in [5.74, 6) is -2.56. The number of halogens is 5. The fourth-order valence-corrected chi connectivity index (χ4v) is 7.93. The van der Waals surface area contributed by atoms with Gasteiger partial charge in [-0.2, -0.15) is 13.2 Å². The largest absolute Gasteiger partial charge is 0.419 e. The Morgan fingerprint density at radius 3 is 2.46 bits per heavy atom. The SMILES string of the molecule is C[C@H]1CC2CC(S(=O)(=O)c3cc(C(=O)Nc4ccc(F)c(C(F)(F)F)c4)ccc3Cl)CC1[C@]2(C)O. The lowest BCUT2D eigenvalue weighted by molar-refractivity contribution is -0.139. The van der Waals surface area contributed by atoms with Gasteiger partial charge < -0.3 is 10.4 Å². The van der Waals surface area contributed by atoms with E-state index in [0.717, 1.165) is 18.6 Å². The van der Waals surface area contributed by atoms with Gasteiger partial charge in [0.1, 0.15) is 5.82 Å². The zero-order valence-corrected chi connectivity index (χ0v) is 20.4. The van der Waals surface area contributed by atoms with E-state index in [1.54, 1.807) is 6.92 Å². The summed E-state index contributed by atoms with van der Waals surface area (Å²) in [6.45, 7) is 3.73. The molecule has 35 heavy (non-hydrogen) atoms. The van der Waals surface area contributed by atoms with Crippen molar-refractivity contribution in [2.24, 2.45) is 17.8 Å². The second-order valence-corrected chi connectivity index (χ2v) is 12.3. The van der Waals surface area contributed by atoms with E-state index in [4.69, 9.17) is 11.6 Å². The van der Waals surface area contributed by atoms with Crippen LogP contribution in [0.5, 0.6) is 0 Å². The number of alkyl halides is 3. The Hall–Kier alpha value is -2.17. The normalized spacial score (nSPS) is 28.7. The molecule has 0 aromatic heterocycles. The van der Waals surface area contributed by atoms with Gasteiger partial charge in [-0.1, -0.05) is 18.5 Å². The van der Waals surface area contributed by atoms with Crippen LogP contribution in [0, 0.1) is 23.6 Å². The van der Waals surface area contributed by atoms with Gasteiger partial charge in [0.2, 0.25) is 0 Å². The molecule has 11 heteroatoms. The molecule has 2 aromatic carbocycles. The van der Waals surface area contributed by atoms with Crippen LogP contribution in [0.15, 0.2) is 41.3 Å². The summed E-state index contributed by atoms with van der Waals surface area (Å²) in [4.78, 5) is 12.5. The Morgan fingerprint density at radius 1 is 1.14 bits per heavy atom. The summed E-state index contributed by atoms with van der Waals surface area (Å²) in [7, 11) is -3.97. The molecule has 2 fully saturated rings. The van der Waals surface area contributed by atoms with E-state index in [9.17, 15) is 35.9 Å². The summed E-state index contributed by atoms with van der Waals surface area (Å²) >= 11 is 6.20. The molecule has 5 nitrogen and oxygen atoms in total. The van der Waals surface area contributed by atoms with Crippen LogP contribution in [0.2, 0.25) is 5.02 Å². The first-order valence-corrected chi connectivity index (χ1v) is 13.0. The fourth-order valence-electron chi connectivity index (χ4n) is 5.55. The number of benzene rings is 2. The van der Waals surface area contributed by atoms with E-state index in [1.807, 2.05) is 6.92 Å². The summed E-state index contributed by atoms with van der Waals surface area (Å²) in [6, 6.07) is 5.61. The molecule has 2 saturated carbocycles. The Bertz CT molecular complexity index is 1280. The fraction of sp³-hybridized carbons (Fsp3) is 0.458. The first-order valence-electron chi connectivity index (χ1n) is 11.1. The highest BCUT2D eigenvalue weighted by molar-refractivity contribution is 7.92. The first-order chi connectivity index (χ1) is 16.1. The lowest BCUT2D eigenvalue weighted by Crippen LogP contribution is -2.46. The Kier molecular flexibility index (Phi) is 6.47. The van der Waals surface area contributed by atoms with Crippen molar-refractivity contribution < 1.29 is 35.9 Å². The molecule has 3 unspecified atom stereocenters. The molecule has 0 radical (unpaired) electrons. The number of aliphatic hydroxyl groups is 1. The molecule has 2 N–H and O–H groups in total. The van der Waals surface area contributed by atoms with Crippen LogP contribution >= 0.6 is 11.6 Å². The Morgan fingerprint density at radius 2 is 1.83 bits per heavy atom. The van der Waals surface area contributed by atoms with Crippen molar-refractivity contribution in [3.05, 3.63) is 58.4 Å². The van der Waals surface area contributed by atoms with Gasteiger partial charge in [0.25, 0.3) is 5.91 Å². The van der Waals surface area contributed by atoms with Crippen LogP contribution in [0.3, 0.4) is 0 Å². The molecule has 2 aliphatic rings. The third kappa shape index (κ3) is 4.68. The molecule has 0 saturated heterocycles. The monoisotopic (exact) mass is 533 g/mol. The molecule has 5 atom stereocenters. The lowest BCUT2D eigenvalue weighted by Gasteiger charge is -2.40. The predicted molar refractivity (Wildman–Crippen MR) is 122 cm³/mol. The van der Waals surface area contributed by atoms with E-state index in [1.165, 1.54) is 12.1 Å². The average Bonchev–Trinajstić information content (AvgIpc) is 2.88. The summed E-state index contributed by atoms with van der Waals surface area (Å²) in [5, 5.41) is 12.2. The molecule has 4 rings (SSSR count). The van der Waals surface area contributed by atoms with Crippen LogP contribution in [0.4, 0.5) is 23.2 Å². The minimum Gasteiger partial charge on any atom is -0.390 e. The Labute approximate surface area is 205 Å². The standard InChI is InChI=1S/C24H24ClF4NO4S/c1-12-7-14-9-16(11-17(12)23(14,2)32)35(33,34)21-8-13(3-5-19(21)25)22(31)30-15-4-6-20(26)18(10-15)24(27,28)29/h3-6,8,10,12,14,16-17,32H,7,9,11H2,1-2H3,(H,30,31)/t12-,14?,16?,17?,23+/m0/s1. The topological polar surface area (TPSA) is 83.5 Å². The maximum atomic E-state index is 13.5. The van der Waals surface area contributed by atoms with Gasteiger partial charge in [0.15, 0.2) is 9.84 Å². The van der Waals surface area contributed by atoms with E-state index in [0.29, 0.717) is 12.1 Å². The molecule has 190 valence electrons. The van der Waals surface area contributed by atoms with Gasteiger partial charge >= 0.3 is 6.18 Å². The summed E-state index contributed by atoms with van der Waals surface area (Å²) < 4.78 is 79.5. The number of rotatable bonds is 4. The average molecular weight is 534 g/mol. The summed E-state index contributed by atoms with van der Waals surface area (Å²) in [5.41, 5.74) is -2.92. The Balaban J connectivity index is 1.60. The molecule has 2 aliphatic carbocycles. The number of carbonyl (C=O) groups is 1. The smallest absolute Gasteiger partial charge is 0.390 e. The van der Waals surface area contributed by atoms with Gasteiger partial charge in [-0.15, -0.1) is 0 Å². The molecular weight excluding hydrogens is 510 g/mol.